The molecular weight excluding hydrogens is 436 g/mol. The maximum absolute atomic E-state index is 13.0. The molecule has 0 aliphatic heterocycles. The second-order valence-corrected chi connectivity index (χ2v) is 8.32. The molecule has 0 bridgehead atoms. The van der Waals surface area contributed by atoms with Crippen molar-refractivity contribution in [2.45, 2.75) is 6.92 Å². The second kappa shape index (κ2) is 8.76. The van der Waals surface area contributed by atoms with Crippen LogP contribution in [-0.2, 0) is 0 Å². The van der Waals surface area contributed by atoms with E-state index in [4.69, 9.17) is 9.47 Å². The van der Waals surface area contributed by atoms with Gasteiger partial charge in [0.25, 0.3) is 5.91 Å². The molecule has 0 spiro atoms. The maximum Gasteiger partial charge on any atom is 0.256 e. The van der Waals surface area contributed by atoms with Gasteiger partial charge in [-0.3, -0.25) is 4.79 Å². The number of nitrogens with one attached hydrogen (secondary N) is 1. The smallest absolute Gasteiger partial charge is 0.256 e. The van der Waals surface area contributed by atoms with Crippen LogP contribution in [0.3, 0.4) is 0 Å². The second-order valence-electron chi connectivity index (χ2n) is 7.31. The summed E-state index contributed by atoms with van der Waals surface area (Å²) in [5.74, 6) is 2.30. The van der Waals surface area contributed by atoms with Gasteiger partial charge in [0.05, 0.1) is 23.0 Å². The SMILES string of the molecule is COc1ccc2sc(-n3nc(C)cc3NC(=O)c3cccc(Oc4ccccc4)c3)nc2c1. The van der Waals surface area contributed by atoms with Gasteiger partial charge < -0.3 is 14.8 Å². The largest absolute Gasteiger partial charge is 0.497 e. The molecule has 0 aliphatic rings. The molecule has 3 aromatic carbocycles. The van der Waals surface area contributed by atoms with Gasteiger partial charge in [-0.25, -0.2) is 4.98 Å². The predicted octanol–water partition coefficient (Wildman–Crippen LogP) is 5.84. The normalized spacial score (nSPS) is 10.8. The number of anilines is 1. The summed E-state index contributed by atoms with van der Waals surface area (Å²) in [5, 5.41) is 8.14. The number of benzene rings is 3. The fraction of sp³-hybridized carbons (Fsp3) is 0.0800. The van der Waals surface area contributed by atoms with Gasteiger partial charge in [0.2, 0.25) is 5.13 Å². The number of fused-ring (bicyclic) bond motifs is 1. The molecule has 5 aromatic rings. The Hall–Kier alpha value is -4.17. The first-order valence-corrected chi connectivity index (χ1v) is 11.1. The number of aryl methyl sites for hydroxylation is 1. The Morgan fingerprint density at radius 1 is 0.939 bits per heavy atom. The van der Waals surface area contributed by atoms with Gasteiger partial charge in [0, 0.05) is 17.7 Å². The average molecular weight is 457 g/mol. The lowest BCUT2D eigenvalue weighted by molar-refractivity contribution is 0.102. The van der Waals surface area contributed by atoms with Crippen molar-refractivity contribution in [2.24, 2.45) is 0 Å². The number of aromatic nitrogens is 3. The highest BCUT2D eigenvalue weighted by atomic mass is 32.1. The highest BCUT2D eigenvalue weighted by Crippen LogP contribution is 2.30. The zero-order valence-corrected chi connectivity index (χ0v) is 18.8. The van der Waals surface area contributed by atoms with Gasteiger partial charge in [0.1, 0.15) is 23.1 Å². The minimum atomic E-state index is -0.266. The van der Waals surface area contributed by atoms with E-state index >= 15 is 0 Å². The van der Waals surface area contributed by atoms with Crippen LogP contribution in [0.5, 0.6) is 17.2 Å². The molecule has 1 amide bonds. The summed E-state index contributed by atoms with van der Waals surface area (Å²) < 4.78 is 13.8. The van der Waals surface area contributed by atoms with E-state index < -0.39 is 0 Å². The standard InChI is InChI=1S/C25H20N4O3S/c1-16-13-23(29(28-16)25-26-21-15-19(31-2)11-12-22(21)33-25)27-24(30)17-7-6-10-20(14-17)32-18-8-4-3-5-9-18/h3-15H,1-2H3,(H,27,30). The van der Waals surface area contributed by atoms with E-state index in [9.17, 15) is 4.79 Å². The van der Waals surface area contributed by atoms with Crippen molar-refractivity contribution in [3.05, 3.63) is 90.1 Å². The van der Waals surface area contributed by atoms with E-state index in [1.54, 1.807) is 30.0 Å². The predicted molar refractivity (Wildman–Crippen MR) is 129 cm³/mol. The van der Waals surface area contributed by atoms with Crippen LogP contribution >= 0.6 is 11.3 Å². The van der Waals surface area contributed by atoms with Crippen LogP contribution < -0.4 is 14.8 Å². The minimum Gasteiger partial charge on any atom is -0.497 e. The number of thiazole rings is 1. The molecule has 8 heteroatoms. The fourth-order valence-electron chi connectivity index (χ4n) is 3.36. The first-order valence-electron chi connectivity index (χ1n) is 10.2. The number of rotatable bonds is 6. The number of ether oxygens (including phenoxy) is 2. The number of nitrogens with zero attached hydrogens (tertiary/aromatic N) is 3. The third-order valence-electron chi connectivity index (χ3n) is 4.91. The zero-order chi connectivity index (χ0) is 22.8. The van der Waals surface area contributed by atoms with E-state index in [0.29, 0.717) is 28.0 Å². The highest BCUT2D eigenvalue weighted by molar-refractivity contribution is 7.20. The minimum absolute atomic E-state index is 0.266. The lowest BCUT2D eigenvalue weighted by atomic mass is 10.2. The number of hydrogen-bond donors (Lipinski definition) is 1. The maximum atomic E-state index is 13.0. The fourth-order valence-corrected chi connectivity index (χ4v) is 4.27. The highest BCUT2D eigenvalue weighted by Gasteiger charge is 2.16. The van der Waals surface area contributed by atoms with E-state index in [1.165, 1.54) is 11.3 Å². The molecular formula is C25H20N4O3S. The molecule has 0 fully saturated rings. The summed E-state index contributed by atoms with van der Waals surface area (Å²) in [7, 11) is 1.62. The van der Waals surface area contributed by atoms with Crippen LogP contribution in [-0.4, -0.2) is 27.8 Å². The van der Waals surface area contributed by atoms with Gasteiger partial charge in [-0.1, -0.05) is 35.6 Å². The summed E-state index contributed by atoms with van der Waals surface area (Å²) in [4.78, 5) is 17.7. The summed E-state index contributed by atoms with van der Waals surface area (Å²) >= 11 is 1.49. The number of amides is 1. The topological polar surface area (TPSA) is 78.3 Å². The number of para-hydroxylation sites is 1. The molecule has 1 N–H and O–H groups in total. The van der Waals surface area contributed by atoms with Crippen LogP contribution in [0.15, 0.2) is 78.9 Å². The first kappa shape index (κ1) is 20.7. The Morgan fingerprint density at radius 2 is 1.76 bits per heavy atom. The van der Waals surface area contributed by atoms with E-state index in [-0.39, 0.29) is 5.91 Å². The Morgan fingerprint density at radius 3 is 2.58 bits per heavy atom. The number of carbonyl (C=O) groups excluding carboxylic acids is 1. The summed E-state index contributed by atoms with van der Waals surface area (Å²) in [6.07, 6.45) is 0. The molecule has 2 heterocycles. The first-order chi connectivity index (χ1) is 16.1. The average Bonchev–Trinajstić information content (AvgIpc) is 3.42. The van der Waals surface area contributed by atoms with Crippen LogP contribution in [0.25, 0.3) is 15.3 Å². The van der Waals surface area contributed by atoms with E-state index in [2.05, 4.69) is 15.4 Å². The van der Waals surface area contributed by atoms with Crippen molar-refractivity contribution in [3.8, 4) is 22.4 Å². The van der Waals surface area contributed by atoms with Crippen LogP contribution in [0.1, 0.15) is 16.1 Å². The lowest BCUT2D eigenvalue weighted by Gasteiger charge is -2.09. The van der Waals surface area contributed by atoms with Crippen molar-refractivity contribution >= 4 is 33.3 Å². The Balaban J connectivity index is 1.40. The quantitative estimate of drug-likeness (QED) is 0.347. The molecule has 0 aliphatic carbocycles. The molecule has 0 saturated carbocycles. The molecule has 2 aromatic heterocycles. The molecule has 33 heavy (non-hydrogen) atoms. The van der Waals surface area contributed by atoms with Crippen LogP contribution in [0.2, 0.25) is 0 Å². The number of hydrogen-bond acceptors (Lipinski definition) is 6. The van der Waals surface area contributed by atoms with Crippen molar-refractivity contribution in [1.82, 2.24) is 14.8 Å². The molecule has 5 rings (SSSR count). The summed E-state index contributed by atoms with van der Waals surface area (Å²) in [6.45, 7) is 1.87. The van der Waals surface area contributed by atoms with Crippen LogP contribution in [0.4, 0.5) is 5.82 Å². The van der Waals surface area contributed by atoms with Crippen LogP contribution in [0, 0.1) is 6.92 Å². The number of methoxy groups -OCH3 is 1. The summed E-state index contributed by atoms with van der Waals surface area (Å²) in [6, 6.07) is 24.0. The van der Waals surface area contributed by atoms with Crippen molar-refractivity contribution in [3.63, 3.8) is 0 Å². The van der Waals surface area contributed by atoms with Gasteiger partial charge in [-0.15, -0.1) is 0 Å². The Kier molecular flexibility index (Phi) is 5.50. The Labute approximate surface area is 194 Å². The molecule has 0 unspecified atom stereocenters. The van der Waals surface area contributed by atoms with E-state index in [0.717, 1.165) is 21.7 Å². The molecule has 0 saturated heterocycles. The lowest BCUT2D eigenvalue weighted by Crippen LogP contribution is -2.15. The number of carbonyl (C=O) groups is 1. The van der Waals surface area contributed by atoms with E-state index in [1.807, 2.05) is 67.6 Å². The van der Waals surface area contributed by atoms with Crippen molar-refractivity contribution in [1.29, 1.82) is 0 Å². The van der Waals surface area contributed by atoms with Gasteiger partial charge in [-0.2, -0.15) is 9.78 Å². The third-order valence-corrected chi connectivity index (χ3v) is 5.92. The zero-order valence-electron chi connectivity index (χ0n) is 18.0. The molecule has 0 atom stereocenters. The Bertz CT molecular complexity index is 1440. The molecule has 0 radical (unpaired) electrons. The molecule has 164 valence electrons. The van der Waals surface area contributed by atoms with Gasteiger partial charge >= 0.3 is 0 Å². The van der Waals surface area contributed by atoms with Gasteiger partial charge in [-0.05, 0) is 49.4 Å². The van der Waals surface area contributed by atoms with Gasteiger partial charge in [0.15, 0.2) is 0 Å². The monoisotopic (exact) mass is 456 g/mol. The molecule has 7 nitrogen and oxygen atoms in total. The van der Waals surface area contributed by atoms with Crippen molar-refractivity contribution in [2.75, 3.05) is 12.4 Å². The summed E-state index contributed by atoms with van der Waals surface area (Å²) in [5.41, 5.74) is 2.05. The third kappa shape index (κ3) is 4.42. The van der Waals surface area contributed by atoms with Crippen molar-refractivity contribution < 1.29 is 14.3 Å².